The van der Waals surface area contributed by atoms with Crippen molar-refractivity contribution < 1.29 is 4.42 Å². The third-order valence-corrected chi connectivity index (χ3v) is 4.71. The molecule has 0 amide bonds. The molecule has 2 aromatic carbocycles. The highest BCUT2D eigenvalue weighted by Crippen LogP contribution is 2.23. The average Bonchev–Trinajstić information content (AvgIpc) is 3.10. The summed E-state index contributed by atoms with van der Waals surface area (Å²) in [6.07, 6.45) is 1.55. The standard InChI is InChI=1S/C19H16BrN3OS/c20-16-8-6-15(7-9-16)18-11-10-17(24-18)12-22-23-19(21)25-13-14-4-2-1-3-5-14/h1-12H,13H2,(H2,21,23). The normalized spacial score (nSPS) is 12.0. The Kier molecular flexibility index (Phi) is 6.09. The second-order valence-corrected chi connectivity index (χ2v) is 7.08. The number of rotatable bonds is 5. The van der Waals surface area contributed by atoms with Gasteiger partial charge < -0.3 is 10.2 Å². The maximum absolute atomic E-state index is 5.86. The largest absolute Gasteiger partial charge is 0.455 e. The average molecular weight is 414 g/mol. The van der Waals surface area contributed by atoms with Crippen molar-refractivity contribution >= 4 is 39.1 Å². The van der Waals surface area contributed by atoms with Crippen LogP contribution in [0.1, 0.15) is 11.3 Å². The van der Waals surface area contributed by atoms with Gasteiger partial charge in [0.05, 0.1) is 6.21 Å². The molecule has 0 fully saturated rings. The second-order valence-electron chi connectivity index (χ2n) is 5.17. The van der Waals surface area contributed by atoms with Gasteiger partial charge in [-0.15, -0.1) is 5.10 Å². The first kappa shape index (κ1) is 17.5. The number of hydrogen-bond acceptors (Lipinski definition) is 4. The summed E-state index contributed by atoms with van der Waals surface area (Å²) in [5.74, 6) is 2.17. The third-order valence-electron chi connectivity index (χ3n) is 3.33. The van der Waals surface area contributed by atoms with Crippen molar-refractivity contribution in [2.45, 2.75) is 5.75 Å². The monoisotopic (exact) mass is 413 g/mol. The van der Waals surface area contributed by atoms with Gasteiger partial charge in [-0.3, -0.25) is 0 Å². The van der Waals surface area contributed by atoms with Crippen LogP contribution < -0.4 is 5.73 Å². The number of furan rings is 1. The van der Waals surface area contributed by atoms with E-state index in [4.69, 9.17) is 10.2 Å². The summed E-state index contributed by atoms with van der Waals surface area (Å²) in [6.45, 7) is 0. The summed E-state index contributed by atoms with van der Waals surface area (Å²) in [5, 5.41) is 8.40. The lowest BCUT2D eigenvalue weighted by Crippen LogP contribution is -2.05. The first-order valence-corrected chi connectivity index (χ1v) is 9.37. The first-order chi connectivity index (χ1) is 12.2. The molecule has 0 bridgehead atoms. The van der Waals surface area contributed by atoms with Gasteiger partial charge in [0.2, 0.25) is 0 Å². The molecule has 4 nitrogen and oxygen atoms in total. The molecular formula is C19H16BrN3OS. The summed E-state index contributed by atoms with van der Waals surface area (Å²) < 4.78 is 6.77. The fourth-order valence-corrected chi connectivity index (χ4v) is 2.97. The highest BCUT2D eigenvalue weighted by Gasteiger charge is 2.03. The molecule has 0 saturated carbocycles. The molecule has 0 aliphatic carbocycles. The highest BCUT2D eigenvalue weighted by atomic mass is 79.9. The van der Waals surface area contributed by atoms with E-state index in [0.717, 1.165) is 21.5 Å². The van der Waals surface area contributed by atoms with Crippen LogP contribution in [-0.4, -0.2) is 11.4 Å². The molecule has 3 rings (SSSR count). The molecule has 1 aromatic heterocycles. The van der Waals surface area contributed by atoms with E-state index in [2.05, 4.69) is 38.3 Å². The van der Waals surface area contributed by atoms with Crippen LogP contribution in [0.15, 0.2) is 85.8 Å². The minimum atomic E-state index is 0.416. The molecule has 6 heteroatoms. The van der Waals surface area contributed by atoms with E-state index in [1.165, 1.54) is 17.3 Å². The van der Waals surface area contributed by atoms with Crippen molar-refractivity contribution in [1.29, 1.82) is 0 Å². The van der Waals surface area contributed by atoms with Crippen LogP contribution in [0.2, 0.25) is 0 Å². The van der Waals surface area contributed by atoms with E-state index in [1.807, 2.05) is 54.6 Å². The number of nitrogens with two attached hydrogens (primary N) is 1. The molecule has 3 aromatic rings. The number of benzene rings is 2. The van der Waals surface area contributed by atoms with Crippen LogP contribution in [0.4, 0.5) is 0 Å². The van der Waals surface area contributed by atoms with Crippen molar-refractivity contribution in [3.63, 3.8) is 0 Å². The molecule has 0 radical (unpaired) electrons. The number of halogens is 1. The van der Waals surface area contributed by atoms with E-state index in [-0.39, 0.29) is 0 Å². The van der Waals surface area contributed by atoms with Gasteiger partial charge in [0, 0.05) is 15.8 Å². The lowest BCUT2D eigenvalue weighted by molar-refractivity contribution is 0.575. The van der Waals surface area contributed by atoms with Crippen molar-refractivity contribution in [2.75, 3.05) is 0 Å². The lowest BCUT2D eigenvalue weighted by atomic mass is 10.2. The Labute approximate surface area is 159 Å². The van der Waals surface area contributed by atoms with Gasteiger partial charge in [0.15, 0.2) is 5.17 Å². The van der Waals surface area contributed by atoms with E-state index in [1.54, 1.807) is 6.21 Å². The van der Waals surface area contributed by atoms with Gasteiger partial charge >= 0.3 is 0 Å². The molecule has 1 heterocycles. The third kappa shape index (κ3) is 5.34. The minimum absolute atomic E-state index is 0.416. The number of thioether (sulfide) groups is 1. The zero-order valence-corrected chi connectivity index (χ0v) is 15.7. The van der Waals surface area contributed by atoms with Crippen LogP contribution in [0.25, 0.3) is 11.3 Å². The molecule has 2 N–H and O–H groups in total. The van der Waals surface area contributed by atoms with Crippen molar-refractivity contribution in [2.24, 2.45) is 15.9 Å². The van der Waals surface area contributed by atoms with Gasteiger partial charge in [-0.25, -0.2) is 0 Å². The predicted molar refractivity (Wildman–Crippen MR) is 109 cm³/mol. The molecule has 0 saturated heterocycles. The van der Waals surface area contributed by atoms with Crippen LogP contribution in [0.3, 0.4) is 0 Å². The van der Waals surface area contributed by atoms with Crippen LogP contribution in [-0.2, 0) is 5.75 Å². The Morgan fingerprint density at radius 2 is 1.80 bits per heavy atom. The molecule has 0 aliphatic rings. The van der Waals surface area contributed by atoms with E-state index in [9.17, 15) is 0 Å². The molecule has 25 heavy (non-hydrogen) atoms. The summed E-state index contributed by atoms with van der Waals surface area (Å²) in [6, 6.07) is 21.8. The first-order valence-electron chi connectivity index (χ1n) is 7.60. The Morgan fingerprint density at radius 3 is 2.56 bits per heavy atom. The van der Waals surface area contributed by atoms with E-state index in [0.29, 0.717) is 10.9 Å². The minimum Gasteiger partial charge on any atom is -0.455 e. The van der Waals surface area contributed by atoms with Crippen molar-refractivity contribution in [3.05, 3.63) is 82.5 Å². The molecule has 126 valence electrons. The van der Waals surface area contributed by atoms with Crippen molar-refractivity contribution in [1.82, 2.24) is 0 Å². The molecule has 0 aliphatic heterocycles. The molecule has 0 atom stereocenters. The van der Waals surface area contributed by atoms with E-state index < -0.39 is 0 Å². The number of amidine groups is 1. The fourth-order valence-electron chi connectivity index (χ4n) is 2.09. The number of hydrogen-bond donors (Lipinski definition) is 1. The number of nitrogens with zero attached hydrogens (tertiary/aromatic N) is 2. The van der Waals surface area contributed by atoms with Gasteiger partial charge in [0.1, 0.15) is 11.5 Å². The maximum atomic E-state index is 5.86. The maximum Gasteiger partial charge on any atom is 0.180 e. The van der Waals surface area contributed by atoms with Crippen LogP contribution in [0.5, 0.6) is 0 Å². The summed E-state index contributed by atoms with van der Waals surface area (Å²) >= 11 is 4.87. The second kappa shape index (κ2) is 8.69. The predicted octanol–water partition coefficient (Wildman–Crippen LogP) is 5.29. The van der Waals surface area contributed by atoms with Gasteiger partial charge in [-0.1, -0.05) is 70.2 Å². The Morgan fingerprint density at radius 1 is 1.04 bits per heavy atom. The summed E-state index contributed by atoms with van der Waals surface area (Å²) in [4.78, 5) is 0. The SMILES string of the molecule is NC(=NN=Cc1ccc(-c2ccc(Br)cc2)o1)SCc1ccccc1. The highest BCUT2D eigenvalue weighted by molar-refractivity contribution is 9.10. The Balaban J connectivity index is 1.57. The van der Waals surface area contributed by atoms with Gasteiger partial charge in [-0.05, 0) is 29.8 Å². The fraction of sp³-hybridized carbons (Fsp3) is 0.0526. The topological polar surface area (TPSA) is 63.9 Å². The van der Waals surface area contributed by atoms with Crippen LogP contribution >= 0.6 is 27.7 Å². The van der Waals surface area contributed by atoms with Crippen LogP contribution in [0, 0.1) is 0 Å². The zero-order valence-electron chi connectivity index (χ0n) is 13.3. The Hall–Kier alpha value is -2.31. The Bertz CT molecular complexity index is 873. The smallest absolute Gasteiger partial charge is 0.180 e. The molecular weight excluding hydrogens is 398 g/mol. The quantitative estimate of drug-likeness (QED) is 0.351. The van der Waals surface area contributed by atoms with Gasteiger partial charge in [0.25, 0.3) is 0 Å². The zero-order chi connectivity index (χ0) is 17.5. The van der Waals surface area contributed by atoms with E-state index >= 15 is 0 Å². The molecule has 0 unspecified atom stereocenters. The lowest BCUT2D eigenvalue weighted by Gasteiger charge is -1.99. The summed E-state index contributed by atoms with van der Waals surface area (Å²) in [5.41, 5.74) is 8.06. The summed E-state index contributed by atoms with van der Waals surface area (Å²) in [7, 11) is 0. The molecule has 0 spiro atoms. The van der Waals surface area contributed by atoms with Crippen molar-refractivity contribution in [3.8, 4) is 11.3 Å². The van der Waals surface area contributed by atoms with Gasteiger partial charge in [-0.2, -0.15) is 5.10 Å².